The molecule has 5 unspecified atom stereocenters. The predicted molar refractivity (Wildman–Crippen MR) is 166 cm³/mol. The second-order valence-electron chi connectivity index (χ2n) is 11.3. The first-order valence-electron chi connectivity index (χ1n) is 15.2. The molecule has 8 N–H and O–H groups in total. The Kier molecular flexibility index (Phi) is 14.6. The lowest BCUT2D eigenvalue weighted by molar-refractivity contribution is -0.138. The number of ketones is 1. The molecule has 4 amide bonds. The molecule has 3 rings (SSSR count). The Labute approximate surface area is 258 Å². The number of carbonyl (C=O) groups is 5. The molecule has 0 radical (unpaired) electrons. The summed E-state index contributed by atoms with van der Waals surface area (Å²) in [7, 11) is 1.38. The SMILES string of the molecule is CC1CC2CCCC(C2)C1NC=O.CCNC(=O)C(=O)CCC(NC(=O)/C(=C/N)N(C)N)C(=O)Nc1cccn(CC)c1=O. The molecule has 2 saturated carbocycles. The minimum atomic E-state index is -1.24. The van der Waals surface area contributed by atoms with E-state index in [4.69, 9.17) is 11.6 Å². The van der Waals surface area contributed by atoms with Gasteiger partial charge in [-0.15, -0.1) is 0 Å². The number of hydrazine groups is 1. The van der Waals surface area contributed by atoms with E-state index in [1.54, 1.807) is 26.1 Å². The third-order valence-electron chi connectivity index (χ3n) is 8.17. The van der Waals surface area contributed by atoms with E-state index in [0.717, 1.165) is 29.5 Å². The van der Waals surface area contributed by atoms with Crippen LogP contribution in [0.1, 0.15) is 65.7 Å². The third kappa shape index (κ3) is 10.2. The van der Waals surface area contributed by atoms with Crippen LogP contribution in [-0.2, 0) is 30.5 Å². The number of hydrogen-bond acceptors (Lipinski definition) is 9. The summed E-state index contributed by atoms with van der Waals surface area (Å²) in [6.45, 7) is 6.39. The van der Waals surface area contributed by atoms with E-state index in [1.165, 1.54) is 49.8 Å². The number of nitrogens with two attached hydrogens (primary N) is 2. The van der Waals surface area contributed by atoms with Gasteiger partial charge in [0.05, 0.1) is 0 Å². The normalized spacial score (nSPS) is 21.4. The highest BCUT2D eigenvalue weighted by Gasteiger charge is 2.37. The van der Waals surface area contributed by atoms with Crippen LogP contribution in [-0.4, -0.2) is 65.2 Å². The molecule has 1 heterocycles. The summed E-state index contributed by atoms with van der Waals surface area (Å²) in [4.78, 5) is 71.7. The first-order chi connectivity index (χ1) is 21.0. The molecule has 0 saturated heterocycles. The Bertz CT molecular complexity index is 1240. The second-order valence-corrected chi connectivity index (χ2v) is 11.3. The van der Waals surface area contributed by atoms with Crippen LogP contribution in [0.15, 0.2) is 35.0 Å². The molecule has 2 aliphatic rings. The van der Waals surface area contributed by atoms with Crippen LogP contribution in [0, 0.1) is 17.8 Å². The minimum Gasteiger partial charge on any atom is -0.403 e. The highest BCUT2D eigenvalue weighted by atomic mass is 16.2. The first-order valence-corrected chi connectivity index (χ1v) is 15.2. The molecule has 14 heteroatoms. The van der Waals surface area contributed by atoms with Gasteiger partial charge in [0.25, 0.3) is 17.4 Å². The maximum Gasteiger partial charge on any atom is 0.287 e. The molecule has 0 spiro atoms. The van der Waals surface area contributed by atoms with Gasteiger partial charge in [0.1, 0.15) is 17.4 Å². The summed E-state index contributed by atoms with van der Waals surface area (Å²) >= 11 is 0. The van der Waals surface area contributed by atoms with Crippen molar-refractivity contribution in [2.45, 2.75) is 84.3 Å². The minimum absolute atomic E-state index is 0.00850. The molecule has 0 aromatic carbocycles. The van der Waals surface area contributed by atoms with Crippen LogP contribution in [0.5, 0.6) is 0 Å². The molecular weight excluding hydrogens is 568 g/mol. The quantitative estimate of drug-likeness (QED) is 0.0592. The summed E-state index contributed by atoms with van der Waals surface area (Å²) in [5.74, 6) is 4.93. The topological polar surface area (TPSA) is 211 Å². The van der Waals surface area contributed by atoms with Crippen LogP contribution in [0.4, 0.5) is 5.69 Å². The highest BCUT2D eigenvalue weighted by molar-refractivity contribution is 6.36. The van der Waals surface area contributed by atoms with Gasteiger partial charge in [-0.2, -0.15) is 0 Å². The summed E-state index contributed by atoms with van der Waals surface area (Å²) in [6.07, 6.45) is 9.72. The molecule has 2 fully saturated rings. The van der Waals surface area contributed by atoms with Gasteiger partial charge in [0, 0.05) is 45.0 Å². The van der Waals surface area contributed by atoms with Crippen molar-refractivity contribution < 1.29 is 24.0 Å². The average Bonchev–Trinajstić information content (AvgIpc) is 2.98. The fourth-order valence-corrected chi connectivity index (χ4v) is 5.99. The highest BCUT2D eigenvalue weighted by Crippen LogP contribution is 2.42. The van der Waals surface area contributed by atoms with Crippen LogP contribution < -0.4 is 38.4 Å². The number of pyridine rings is 1. The van der Waals surface area contributed by atoms with E-state index in [9.17, 15) is 28.8 Å². The van der Waals surface area contributed by atoms with Crippen molar-refractivity contribution in [1.29, 1.82) is 0 Å². The maximum absolute atomic E-state index is 12.8. The number of rotatable bonds is 13. The number of anilines is 1. The number of carbonyl (C=O) groups excluding carboxylic acids is 5. The molecule has 1 aromatic heterocycles. The Morgan fingerprint density at radius 1 is 1.16 bits per heavy atom. The van der Waals surface area contributed by atoms with E-state index in [1.807, 2.05) is 0 Å². The lowest BCUT2D eigenvalue weighted by Crippen LogP contribution is -2.48. The Balaban J connectivity index is 0.000000425. The van der Waals surface area contributed by atoms with E-state index in [-0.39, 0.29) is 30.8 Å². The fraction of sp³-hybridized carbons (Fsp3) is 0.600. The van der Waals surface area contributed by atoms with E-state index >= 15 is 0 Å². The smallest absolute Gasteiger partial charge is 0.287 e. The van der Waals surface area contributed by atoms with Crippen molar-refractivity contribution in [1.82, 2.24) is 25.5 Å². The van der Waals surface area contributed by atoms with Crippen LogP contribution in [0.3, 0.4) is 0 Å². The van der Waals surface area contributed by atoms with Crippen molar-refractivity contribution in [3.8, 4) is 0 Å². The van der Waals surface area contributed by atoms with Crippen molar-refractivity contribution in [3.05, 3.63) is 40.6 Å². The van der Waals surface area contributed by atoms with Crippen molar-refractivity contribution in [2.75, 3.05) is 18.9 Å². The van der Waals surface area contributed by atoms with Gasteiger partial charge in [0.15, 0.2) is 0 Å². The monoisotopic (exact) mass is 616 g/mol. The van der Waals surface area contributed by atoms with E-state index < -0.39 is 35.1 Å². The van der Waals surface area contributed by atoms with Crippen molar-refractivity contribution in [3.63, 3.8) is 0 Å². The predicted octanol–water partition coefficient (Wildman–Crippen LogP) is 0.330. The van der Waals surface area contributed by atoms with E-state index in [0.29, 0.717) is 18.5 Å². The zero-order chi connectivity index (χ0) is 32.8. The number of nitrogens with one attached hydrogen (secondary N) is 4. The summed E-state index contributed by atoms with van der Waals surface area (Å²) < 4.78 is 1.39. The Morgan fingerprint density at radius 2 is 1.89 bits per heavy atom. The lowest BCUT2D eigenvalue weighted by Gasteiger charge is -2.43. The number of aryl methyl sites for hydroxylation is 1. The van der Waals surface area contributed by atoms with Crippen LogP contribution in [0.2, 0.25) is 0 Å². The van der Waals surface area contributed by atoms with Gasteiger partial charge in [-0.25, -0.2) is 5.84 Å². The van der Waals surface area contributed by atoms with Gasteiger partial charge in [0.2, 0.25) is 18.1 Å². The summed E-state index contributed by atoms with van der Waals surface area (Å²) in [6, 6.07) is 2.24. The lowest BCUT2D eigenvalue weighted by atomic mass is 9.66. The maximum atomic E-state index is 12.8. The number of Topliss-reactive ketones (excluding diaryl/α,β-unsaturated/α-hetero) is 1. The molecule has 2 bridgehead atoms. The summed E-state index contributed by atoms with van der Waals surface area (Å²) in [5, 5.41) is 11.2. The zero-order valence-electron chi connectivity index (χ0n) is 26.1. The number of hydrogen-bond donors (Lipinski definition) is 6. The van der Waals surface area contributed by atoms with Crippen LogP contribution in [0.25, 0.3) is 0 Å². The second kappa shape index (κ2) is 17.8. The number of fused-ring (bicyclic) bond motifs is 2. The van der Waals surface area contributed by atoms with Gasteiger partial charge < -0.3 is 36.6 Å². The van der Waals surface area contributed by atoms with Gasteiger partial charge >= 0.3 is 0 Å². The molecule has 1 aromatic rings. The standard InChI is InChI=1S/C19H29N7O5.C11H19NO/c1-4-22-18(30)15(27)9-8-12(23-17(29)14(11-20)25(3)21)16(28)24-13-7-6-10-26(5-2)19(13)31;1-8-5-9-3-2-4-10(6-9)11(8)12-7-13/h6-7,10-12H,4-5,8-9,20-21H2,1-3H3,(H,22,30)(H,23,29)(H,24,28);7-11H,2-6H2,1H3,(H,12,13)/b14-11-;. The molecular formula is C30H48N8O6. The number of likely N-dealkylation sites (N-methyl/N-ethyl adjacent to an activating group) is 2. The molecule has 244 valence electrons. The Hall–Kier alpha value is -4.20. The molecule has 2 aliphatic carbocycles. The van der Waals surface area contributed by atoms with E-state index in [2.05, 4.69) is 28.2 Å². The number of aromatic nitrogens is 1. The number of nitrogens with zero attached hydrogens (tertiary/aromatic N) is 2. The van der Waals surface area contributed by atoms with Gasteiger partial charge in [-0.1, -0.05) is 19.8 Å². The van der Waals surface area contributed by atoms with Gasteiger partial charge in [-0.05, 0) is 69.4 Å². The van der Waals surface area contributed by atoms with Crippen molar-refractivity contribution >= 4 is 35.6 Å². The zero-order valence-corrected chi connectivity index (χ0v) is 26.1. The first kappa shape index (κ1) is 36.0. The molecule has 0 aliphatic heterocycles. The van der Waals surface area contributed by atoms with Gasteiger partial charge in [-0.3, -0.25) is 28.8 Å². The van der Waals surface area contributed by atoms with Crippen LogP contribution >= 0.6 is 0 Å². The summed E-state index contributed by atoms with van der Waals surface area (Å²) in [5.41, 5.74) is 4.86. The number of amides is 4. The third-order valence-corrected chi connectivity index (χ3v) is 8.17. The fourth-order valence-electron chi connectivity index (χ4n) is 5.99. The Morgan fingerprint density at radius 3 is 2.50 bits per heavy atom. The molecule has 5 atom stereocenters. The van der Waals surface area contributed by atoms with Crippen molar-refractivity contribution in [2.24, 2.45) is 29.3 Å². The average molecular weight is 617 g/mol. The molecule has 44 heavy (non-hydrogen) atoms. The molecule has 14 nitrogen and oxygen atoms in total. The largest absolute Gasteiger partial charge is 0.403 e.